The molecule has 3 rings (SSSR count). The Balaban J connectivity index is 1.61. The summed E-state index contributed by atoms with van der Waals surface area (Å²) in [6.45, 7) is 5.33. The lowest BCUT2D eigenvalue weighted by Crippen LogP contribution is -2.43. The van der Waals surface area contributed by atoms with E-state index in [4.69, 9.17) is 0 Å². The number of piperidine rings is 1. The fourth-order valence-corrected chi connectivity index (χ4v) is 3.44. The molecule has 1 fully saturated rings. The highest BCUT2D eigenvalue weighted by atomic mass is 16.2. The van der Waals surface area contributed by atoms with Gasteiger partial charge in [0.15, 0.2) is 0 Å². The van der Waals surface area contributed by atoms with Crippen molar-refractivity contribution in [2.75, 3.05) is 25.0 Å². The SMILES string of the molecule is Cc1ccc(C(=O)N2CCC(C(=O)N(C)c3ccccc3)CC2)cc1C. The molecule has 1 aliphatic rings. The zero-order chi connectivity index (χ0) is 18.7. The van der Waals surface area contributed by atoms with Gasteiger partial charge in [-0.25, -0.2) is 0 Å². The predicted molar refractivity (Wildman–Crippen MR) is 104 cm³/mol. The number of para-hydroxylation sites is 1. The van der Waals surface area contributed by atoms with Gasteiger partial charge < -0.3 is 9.80 Å². The third-order valence-electron chi connectivity index (χ3n) is 5.36. The second kappa shape index (κ2) is 7.73. The molecule has 1 saturated heterocycles. The Bertz CT molecular complexity index is 793. The number of hydrogen-bond donors (Lipinski definition) is 0. The van der Waals surface area contributed by atoms with Crippen molar-refractivity contribution in [1.29, 1.82) is 0 Å². The zero-order valence-corrected chi connectivity index (χ0v) is 15.7. The molecule has 2 aromatic rings. The summed E-state index contributed by atoms with van der Waals surface area (Å²) < 4.78 is 0. The lowest BCUT2D eigenvalue weighted by molar-refractivity contribution is -0.123. The summed E-state index contributed by atoms with van der Waals surface area (Å²) in [4.78, 5) is 29.1. The van der Waals surface area contributed by atoms with E-state index in [1.807, 2.05) is 74.3 Å². The molecule has 1 aliphatic heterocycles. The molecule has 0 radical (unpaired) electrons. The van der Waals surface area contributed by atoms with Crippen LogP contribution in [0.2, 0.25) is 0 Å². The van der Waals surface area contributed by atoms with Gasteiger partial charge in [0.05, 0.1) is 0 Å². The second-order valence-electron chi connectivity index (χ2n) is 7.10. The molecule has 0 atom stereocenters. The van der Waals surface area contributed by atoms with Gasteiger partial charge in [-0.15, -0.1) is 0 Å². The Morgan fingerprint density at radius 2 is 1.62 bits per heavy atom. The number of rotatable bonds is 3. The van der Waals surface area contributed by atoms with Gasteiger partial charge in [-0.05, 0) is 62.1 Å². The minimum atomic E-state index is -0.0241. The number of benzene rings is 2. The standard InChI is InChI=1S/C22H26N2O2/c1-16-9-10-19(15-17(16)2)22(26)24-13-11-18(12-14-24)21(25)23(3)20-7-5-4-6-8-20/h4-10,15,18H,11-14H2,1-3H3. The van der Waals surface area contributed by atoms with Crippen molar-refractivity contribution in [2.24, 2.45) is 5.92 Å². The van der Waals surface area contributed by atoms with Crippen LogP contribution in [0.1, 0.15) is 34.3 Å². The number of aryl methyl sites for hydroxylation is 2. The molecular formula is C22H26N2O2. The first kappa shape index (κ1) is 18.2. The zero-order valence-electron chi connectivity index (χ0n) is 15.7. The largest absolute Gasteiger partial charge is 0.339 e. The van der Waals surface area contributed by atoms with Crippen LogP contribution >= 0.6 is 0 Å². The average Bonchev–Trinajstić information content (AvgIpc) is 2.69. The highest BCUT2D eigenvalue weighted by Crippen LogP contribution is 2.24. The molecule has 26 heavy (non-hydrogen) atoms. The van der Waals surface area contributed by atoms with Gasteiger partial charge in [-0.3, -0.25) is 9.59 Å². The number of carbonyl (C=O) groups excluding carboxylic acids is 2. The van der Waals surface area contributed by atoms with Crippen LogP contribution in [0.15, 0.2) is 48.5 Å². The molecule has 0 aliphatic carbocycles. The maximum atomic E-state index is 12.7. The Hall–Kier alpha value is -2.62. The highest BCUT2D eigenvalue weighted by Gasteiger charge is 2.30. The minimum Gasteiger partial charge on any atom is -0.339 e. The van der Waals surface area contributed by atoms with Gasteiger partial charge in [-0.1, -0.05) is 24.3 Å². The first-order valence-electron chi connectivity index (χ1n) is 9.16. The molecule has 136 valence electrons. The molecule has 0 saturated carbocycles. The quantitative estimate of drug-likeness (QED) is 0.844. The number of likely N-dealkylation sites (tertiary alicyclic amines) is 1. The Kier molecular flexibility index (Phi) is 5.40. The van der Waals surface area contributed by atoms with Crippen LogP contribution in [0, 0.1) is 19.8 Å². The predicted octanol–water partition coefficient (Wildman–Crippen LogP) is 3.82. The molecule has 0 aromatic heterocycles. The van der Waals surface area contributed by atoms with E-state index in [0.717, 1.165) is 16.8 Å². The van der Waals surface area contributed by atoms with Gasteiger partial charge in [0, 0.05) is 37.3 Å². The van der Waals surface area contributed by atoms with E-state index in [2.05, 4.69) is 0 Å². The second-order valence-corrected chi connectivity index (χ2v) is 7.10. The van der Waals surface area contributed by atoms with Gasteiger partial charge in [0.25, 0.3) is 5.91 Å². The van der Waals surface area contributed by atoms with Gasteiger partial charge >= 0.3 is 0 Å². The van der Waals surface area contributed by atoms with Crippen LogP contribution < -0.4 is 4.90 Å². The van der Waals surface area contributed by atoms with Crippen molar-refractivity contribution in [3.8, 4) is 0 Å². The smallest absolute Gasteiger partial charge is 0.253 e. The Morgan fingerprint density at radius 3 is 2.23 bits per heavy atom. The van der Waals surface area contributed by atoms with Crippen LogP contribution in [0.4, 0.5) is 5.69 Å². The molecule has 1 heterocycles. The molecule has 0 unspecified atom stereocenters. The topological polar surface area (TPSA) is 40.6 Å². The van der Waals surface area contributed by atoms with Crippen LogP contribution in [0.3, 0.4) is 0 Å². The molecule has 0 N–H and O–H groups in total. The third kappa shape index (κ3) is 3.79. The summed E-state index contributed by atoms with van der Waals surface area (Å²) in [5, 5.41) is 0. The van der Waals surface area contributed by atoms with Gasteiger partial charge in [0.2, 0.25) is 5.91 Å². The van der Waals surface area contributed by atoms with E-state index in [1.165, 1.54) is 5.56 Å². The number of anilines is 1. The Labute approximate surface area is 155 Å². The van der Waals surface area contributed by atoms with Crippen molar-refractivity contribution in [3.63, 3.8) is 0 Å². The van der Waals surface area contributed by atoms with Gasteiger partial charge in [-0.2, -0.15) is 0 Å². The van der Waals surface area contributed by atoms with E-state index >= 15 is 0 Å². The maximum absolute atomic E-state index is 12.7. The van der Waals surface area contributed by atoms with E-state index in [9.17, 15) is 9.59 Å². The lowest BCUT2D eigenvalue weighted by Gasteiger charge is -2.33. The van der Waals surface area contributed by atoms with E-state index in [0.29, 0.717) is 25.9 Å². The van der Waals surface area contributed by atoms with Crippen LogP contribution in [-0.2, 0) is 4.79 Å². The van der Waals surface area contributed by atoms with Crippen LogP contribution in [-0.4, -0.2) is 36.9 Å². The molecular weight excluding hydrogens is 324 g/mol. The molecule has 2 aromatic carbocycles. The van der Waals surface area contributed by atoms with Crippen molar-refractivity contribution in [2.45, 2.75) is 26.7 Å². The fraction of sp³-hybridized carbons (Fsp3) is 0.364. The van der Waals surface area contributed by atoms with Crippen LogP contribution in [0.25, 0.3) is 0 Å². The average molecular weight is 350 g/mol. The first-order chi connectivity index (χ1) is 12.5. The summed E-state index contributed by atoms with van der Waals surface area (Å²) in [7, 11) is 1.82. The summed E-state index contributed by atoms with van der Waals surface area (Å²) in [6.07, 6.45) is 1.43. The maximum Gasteiger partial charge on any atom is 0.253 e. The van der Waals surface area contributed by atoms with Crippen molar-refractivity contribution in [1.82, 2.24) is 4.90 Å². The monoisotopic (exact) mass is 350 g/mol. The number of amides is 2. The van der Waals surface area contributed by atoms with Crippen molar-refractivity contribution >= 4 is 17.5 Å². The Morgan fingerprint density at radius 1 is 0.962 bits per heavy atom. The van der Waals surface area contributed by atoms with Crippen LogP contribution in [0.5, 0.6) is 0 Å². The number of hydrogen-bond acceptors (Lipinski definition) is 2. The van der Waals surface area contributed by atoms with Crippen molar-refractivity contribution < 1.29 is 9.59 Å². The lowest BCUT2D eigenvalue weighted by atomic mass is 9.94. The highest BCUT2D eigenvalue weighted by molar-refractivity contribution is 5.96. The molecule has 0 bridgehead atoms. The first-order valence-corrected chi connectivity index (χ1v) is 9.16. The summed E-state index contributed by atoms with van der Waals surface area (Å²) in [5.74, 6) is 0.175. The minimum absolute atomic E-state index is 0.0241. The summed E-state index contributed by atoms with van der Waals surface area (Å²) in [6, 6.07) is 15.5. The summed E-state index contributed by atoms with van der Waals surface area (Å²) >= 11 is 0. The molecule has 2 amide bonds. The molecule has 4 heteroatoms. The summed E-state index contributed by atoms with van der Waals surface area (Å²) in [5.41, 5.74) is 3.96. The van der Waals surface area contributed by atoms with Gasteiger partial charge in [0.1, 0.15) is 0 Å². The fourth-order valence-electron chi connectivity index (χ4n) is 3.44. The molecule has 0 spiro atoms. The number of carbonyl (C=O) groups is 2. The third-order valence-corrected chi connectivity index (χ3v) is 5.36. The molecule has 4 nitrogen and oxygen atoms in total. The number of nitrogens with zero attached hydrogens (tertiary/aromatic N) is 2. The van der Waals surface area contributed by atoms with Crippen molar-refractivity contribution in [3.05, 3.63) is 65.2 Å². The van der Waals surface area contributed by atoms with E-state index < -0.39 is 0 Å². The van der Waals surface area contributed by atoms with E-state index in [1.54, 1.807) is 4.90 Å². The normalized spacial score (nSPS) is 15.0. The van der Waals surface area contributed by atoms with E-state index in [-0.39, 0.29) is 17.7 Å².